The minimum absolute atomic E-state index is 0.0149. The Morgan fingerprint density at radius 1 is 1.34 bits per heavy atom. The highest BCUT2D eigenvalue weighted by atomic mass is 31.1. The summed E-state index contributed by atoms with van der Waals surface area (Å²) in [6.07, 6.45) is 6.69. The molecular weight excluding hydrogens is 480 g/mol. The lowest BCUT2D eigenvalue weighted by atomic mass is 10.0. The van der Waals surface area contributed by atoms with Gasteiger partial charge in [0.05, 0.1) is 25.1 Å². The number of unbranched alkanes of at least 4 members (excludes halogenated alkanes) is 5. The topological polar surface area (TPSA) is 141 Å². The van der Waals surface area contributed by atoms with Crippen molar-refractivity contribution in [3.05, 3.63) is 12.4 Å². The molecule has 1 fully saturated rings. The number of anilines is 1. The third-order valence-corrected chi connectivity index (χ3v) is 6.84. The van der Waals surface area contributed by atoms with Gasteiger partial charge in [-0.2, -0.15) is 14.4 Å². The largest absolute Gasteiger partial charge is 0.464 e. The molecule has 0 saturated carbocycles. The minimum Gasteiger partial charge on any atom is -0.464 e. The minimum atomic E-state index is -2.96. The molecule has 2 N–H and O–H groups in total. The highest BCUT2D eigenvalue weighted by Crippen LogP contribution is 2.40. The predicted molar refractivity (Wildman–Crippen MR) is 127 cm³/mol. The number of imidazole rings is 1. The molecule has 0 radical (unpaired) electrons. The number of fused-ring (bicyclic) bond motifs is 1. The first-order valence-corrected chi connectivity index (χ1v) is 13.3. The van der Waals surface area contributed by atoms with Crippen LogP contribution in [0.25, 0.3) is 11.2 Å². The van der Waals surface area contributed by atoms with Crippen LogP contribution in [0.5, 0.6) is 0 Å². The number of hydrogen-bond acceptors (Lipinski definition) is 10. The first-order chi connectivity index (χ1) is 16.7. The first kappa shape index (κ1) is 27.4. The Kier molecular flexibility index (Phi) is 9.97. The van der Waals surface area contributed by atoms with Gasteiger partial charge in [0, 0.05) is 0 Å². The quantitative estimate of drug-likeness (QED) is 0.167. The molecule has 0 bridgehead atoms. The molecule has 13 heteroatoms. The van der Waals surface area contributed by atoms with E-state index in [1.807, 2.05) is 6.92 Å². The molecule has 0 amide bonds. The Labute approximate surface area is 204 Å². The van der Waals surface area contributed by atoms with Gasteiger partial charge in [-0.1, -0.05) is 39.0 Å². The van der Waals surface area contributed by atoms with E-state index in [0.29, 0.717) is 19.4 Å². The Bertz CT molecular complexity index is 1020. The van der Waals surface area contributed by atoms with Crippen molar-refractivity contribution in [1.82, 2.24) is 19.5 Å². The van der Waals surface area contributed by atoms with Crippen LogP contribution in [0.4, 0.5) is 10.2 Å². The smallest absolute Gasteiger partial charge is 0.335 e. The van der Waals surface area contributed by atoms with Gasteiger partial charge < -0.3 is 19.7 Å². The van der Waals surface area contributed by atoms with E-state index in [4.69, 9.17) is 24.3 Å². The number of aromatic nitrogens is 4. The van der Waals surface area contributed by atoms with E-state index in [1.54, 1.807) is 4.57 Å². The Morgan fingerprint density at radius 3 is 2.86 bits per heavy atom. The standard InChI is InChI=1S/C22H35FN5O6P/c1-4-5-6-7-8-9-12-31-20(29)15(2)34-35(30)32-13-22(3)11-10-16(33-22)28-14-25-17-18(24)26-21(23)27-19(17)28/h14-16,35H,4-13H2,1-3H3,(H2,24,26,27)/t15-,16+,22-/m0/s1. The summed E-state index contributed by atoms with van der Waals surface area (Å²) < 4.78 is 49.4. The van der Waals surface area contributed by atoms with E-state index in [-0.39, 0.29) is 23.6 Å². The van der Waals surface area contributed by atoms with Crippen molar-refractivity contribution in [2.45, 2.75) is 90.1 Å². The van der Waals surface area contributed by atoms with Crippen molar-refractivity contribution in [1.29, 1.82) is 0 Å². The lowest BCUT2D eigenvalue weighted by Crippen LogP contribution is -2.30. The summed E-state index contributed by atoms with van der Waals surface area (Å²) >= 11 is 0. The van der Waals surface area contributed by atoms with Gasteiger partial charge in [-0.25, -0.2) is 9.78 Å². The molecule has 3 rings (SSSR count). The van der Waals surface area contributed by atoms with Crippen molar-refractivity contribution in [3.63, 3.8) is 0 Å². The highest BCUT2D eigenvalue weighted by Gasteiger charge is 2.38. The normalized spacial score (nSPS) is 21.9. The van der Waals surface area contributed by atoms with Gasteiger partial charge in [-0.05, 0) is 33.1 Å². The van der Waals surface area contributed by atoms with Gasteiger partial charge in [-0.3, -0.25) is 13.7 Å². The van der Waals surface area contributed by atoms with Crippen molar-refractivity contribution in [2.24, 2.45) is 0 Å². The molecule has 1 aliphatic rings. The van der Waals surface area contributed by atoms with Crippen LogP contribution in [-0.4, -0.2) is 50.4 Å². The number of nitrogen functional groups attached to an aromatic ring is 1. The van der Waals surface area contributed by atoms with Gasteiger partial charge in [0.2, 0.25) is 0 Å². The highest BCUT2D eigenvalue weighted by molar-refractivity contribution is 7.33. The zero-order chi connectivity index (χ0) is 25.4. The number of carbonyl (C=O) groups excluding carboxylic acids is 1. The van der Waals surface area contributed by atoms with Crippen LogP contribution in [0, 0.1) is 6.08 Å². The van der Waals surface area contributed by atoms with Crippen LogP contribution in [0.3, 0.4) is 0 Å². The molecule has 1 saturated heterocycles. The summed E-state index contributed by atoms with van der Waals surface area (Å²) in [4.78, 5) is 23.5. The maximum absolute atomic E-state index is 13.6. The summed E-state index contributed by atoms with van der Waals surface area (Å²) in [5.74, 6) is -0.616. The molecule has 1 aliphatic heterocycles. The number of halogens is 1. The molecule has 0 aromatic carbocycles. The van der Waals surface area contributed by atoms with Crippen LogP contribution < -0.4 is 5.73 Å². The fraction of sp³-hybridized carbons (Fsp3) is 0.727. The van der Waals surface area contributed by atoms with E-state index in [2.05, 4.69) is 21.9 Å². The summed E-state index contributed by atoms with van der Waals surface area (Å²) in [5.41, 5.74) is 5.46. The number of ether oxygens (including phenoxy) is 2. The van der Waals surface area contributed by atoms with Crippen molar-refractivity contribution >= 4 is 31.2 Å². The van der Waals surface area contributed by atoms with E-state index in [9.17, 15) is 13.8 Å². The number of rotatable bonds is 14. The molecule has 4 atom stereocenters. The summed E-state index contributed by atoms with van der Waals surface area (Å²) in [6, 6.07) is 0. The van der Waals surface area contributed by atoms with Crippen molar-refractivity contribution in [2.75, 3.05) is 18.9 Å². The SMILES string of the molecule is CCCCCCCCOC(=O)[C@H](C)O[PH](=O)OC[C@]1(C)CC[C@H](n2cnc3c(N)nc(F)nc32)O1. The van der Waals surface area contributed by atoms with Gasteiger partial charge in [-0.15, -0.1) is 0 Å². The first-order valence-electron chi connectivity index (χ1n) is 12.1. The van der Waals surface area contributed by atoms with Crippen LogP contribution in [0.2, 0.25) is 0 Å². The van der Waals surface area contributed by atoms with Crippen molar-refractivity contribution in [3.8, 4) is 0 Å². The second-order valence-electron chi connectivity index (χ2n) is 9.00. The fourth-order valence-electron chi connectivity index (χ4n) is 3.91. The van der Waals surface area contributed by atoms with Crippen LogP contribution in [0.1, 0.15) is 78.4 Å². The molecule has 3 heterocycles. The number of esters is 1. The van der Waals surface area contributed by atoms with Crippen LogP contribution in [-0.2, 0) is 27.9 Å². The molecule has 0 aliphatic carbocycles. The second kappa shape index (κ2) is 12.7. The van der Waals surface area contributed by atoms with E-state index in [1.165, 1.54) is 32.5 Å². The Morgan fingerprint density at radius 2 is 2.09 bits per heavy atom. The zero-order valence-corrected chi connectivity index (χ0v) is 21.5. The number of nitrogens with zero attached hydrogens (tertiary/aromatic N) is 4. The van der Waals surface area contributed by atoms with E-state index < -0.39 is 38.2 Å². The van der Waals surface area contributed by atoms with Gasteiger partial charge in [0.25, 0.3) is 0 Å². The maximum Gasteiger partial charge on any atom is 0.335 e. The zero-order valence-electron chi connectivity index (χ0n) is 20.5. The Balaban J connectivity index is 1.41. The molecule has 35 heavy (non-hydrogen) atoms. The molecule has 2 aromatic rings. The van der Waals surface area contributed by atoms with Gasteiger partial charge >= 0.3 is 20.3 Å². The fourth-order valence-corrected chi connectivity index (χ4v) is 4.79. The number of carbonyl (C=O) groups is 1. The van der Waals surface area contributed by atoms with Crippen molar-refractivity contribution < 1.29 is 32.3 Å². The number of hydrogen-bond donors (Lipinski definition) is 1. The lowest BCUT2D eigenvalue weighted by Gasteiger charge is -2.25. The molecule has 1 unspecified atom stereocenters. The molecule has 11 nitrogen and oxygen atoms in total. The summed E-state index contributed by atoms with van der Waals surface area (Å²) in [5, 5.41) is 0. The average molecular weight is 516 g/mol. The van der Waals surface area contributed by atoms with Crippen LogP contribution in [0.15, 0.2) is 6.33 Å². The monoisotopic (exact) mass is 515 g/mol. The molecular formula is C22H35FN5O6P. The third kappa shape index (κ3) is 7.67. The molecule has 2 aromatic heterocycles. The maximum atomic E-state index is 13.6. The number of nitrogens with two attached hydrogens (primary N) is 1. The summed E-state index contributed by atoms with van der Waals surface area (Å²) in [6.45, 7) is 5.76. The predicted octanol–water partition coefficient (Wildman–Crippen LogP) is 4.33. The van der Waals surface area contributed by atoms with Gasteiger partial charge in [0.15, 0.2) is 23.1 Å². The van der Waals surface area contributed by atoms with Crippen LogP contribution >= 0.6 is 8.25 Å². The Hall–Kier alpha value is -2.14. The van der Waals surface area contributed by atoms with E-state index >= 15 is 0 Å². The summed E-state index contributed by atoms with van der Waals surface area (Å²) in [7, 11) is -2.96. The second-order valence-corrected chi connectivity index (χ2v) is 10.0. The van der Waals surface area contributed by atoms with E-state index in [0.717, 1.165) is 19.3 Å². The molecule has 196 valence electrons. The van der Waals surface area contributed by atoms with Gasteiger partial charge in [0.1, 0.15) is 6.23 Å². The molecule has 0 spiro atoms. The third-order valence-electron chi connectivity index (χ3n) is 5.91. The lowest BCUT2D eigenvalue weighted by molar-refractivity contribution is -0.151. The average Bonchev–Trinajstić information content (AvgIpc) is 3.41.